The Morgan fingerprint density at radius 3 is 2.68 bits per heavy atom. The van der Waals surface area contributed by atoms with Gasteiger partial charge in [0.15, 0.2) is 11.5 Å². The average Bonchev–Trinajstić information content (AvgIpc) is 2.95. The number of aromatic nitrogens is 4. The number of fused-ring (bicyclic) bond motifs is 1. The first kappa shape index (κ1) is 15.1. The topological polar surface area (TPSA) is 174 Å². The first-order chi connectivity index (χ1) is 10.3. The quantitative estimate of drug-likeness (QED) is 0.473. The maximum atomic E-state index is 10.8. The summed E-state index contributed by atoms with van der Waals surface area (Å²) in [4.78, 5) is 11.8. The minimum Gasteiger partial charge on any atom is -0.388 e. The molecule has 0 aromatic carbocycles. The van der Waals surface area contributed by atoms with Crippen molar-refractivity contribution in [2.75, 3.05) is 5.73 Å². The van der Waals surface area contributed by atoms with Crippen LogP contribution in [0.2, 0.25) is 0 Å². The van der Waals surface area contributed by atoms with Gasteiger partial charge in [-0.1, -0.05) is 0 Å². The van der Waals surface area contributed by atoms with Crippen molar-refractivity contribution in [3.8, 4) is 0 Å². The lowest BCUT2D eigenvalue weighted by Gasteiger charge is -2.17. The average molecular weight is 331 g/mol. The van der Waals surface area contributed by atoms with Gasteiger partial charge in [0.25, 0.3) is 0 Å². The summed E-state index contributed by atoms with van der Waals surface area (Å²) in [6.07, 6.45) is -1.61. The molecule has 120 valence electrons. The Morgan fingerprint density at radius 1 is 1.27 bits per heavy atom. The molecule has 22 heavy (non-hydrogen) atoms. The normalized spacial score (nSPS) is 29.2. The van der Waals surface area contributed by atoms with Gasteiger partial charge < -0.3 is 20.5 Å². The summed E-state index contributed by atoms with van der Waals surface area (Å²) in [5.74, 6) is 0.155. The number of nitrogens with two attached hydrogens (primary N) is 1. The van der Waals surface area contributed by atoms with Crippen molar-refractivity contribution in [3.05, 3.63) is 12.7 Å². The third-order valence-electron chi connectivity index (χ3n) is 3.59. The zero-order valence-electron chi connectivity index (χ0n) is 11.0. The van der Waals surface area contributed by atoms with E-state index in [1.54, 1.807) is 0 Å². The van der Waals surface area contributed by atoms with E-state index in [1.807, 2.05) is 0 Å². The molecule has 0 bridgehead atoms. The molecule has 0 unspecified atom stereocenters. The van der Waals surface area contributed by atoms with E-state index in [2.05, 4.69) is 19.1 Å². The van der Waals surface area contributed by atoms with Crippen molar-refractivity contribution in [3.63, 3.8) is 0 Å². The number of aliphatic hydroxyl groups excluding tert-OH is 2. The third kappa shape index (κ3) is 2.50. The molecule has 0 radical (unpaired) electrons. The predicted octanol–water partition coefficient (Wildman–Crippen LogP) is -1.74. The largest absolute Gasteiger partial charge is 0.397 e. The van der Waals surface area contributed by atoms with Gasteiger partial charge in [-0.05, 0) is 0 Å². The molecule has 0 amide bonds. The summed E-state index contributed by atoms with van der Waals surface area (Å²) in [6.45, 7) is 0. The van der Waals surface area contributed by atoms with E-state index in [9.17, 15) is 18.6 Å². The number of imidazole rings is 1. The van der Waals surface area contributed by atoms with Gasteiger partial charge in [0, 0.05) is 6.42 Å². The van der Waals surface area contributed by atoms with Gasteiger partial charge in [0.05, 0.1) is 12.4 Å². The highest BCUT2D eigenvalue weighted by molar-refractivity contribution is 7.80. The number of nitrogens with zero attached hydrogens (tertiary/aromatic N) is 4. The van der Waals surface area contributed by atoms with E-state index in [1.165, 1.54) is 17.2 Å². The van der Waals surface area contributed by atoms with Gasteiger partial charge in [0.2, 0.25) is 0 Å². The Morgan fingerprint density at radius 2 is 2.00 bits per heavy atom. The Hall–Kier alpha value is -1.86. The smallest absolute Gasteiger partial charge is 0.388 e. The first-order valence-electron chi connectivity index (χ1n) is 6.23. The second kappa shape index (κ2) is 5.10. The molecule has 1 saturated carbocycles. The number of rotatable bonds is 3. The molecule has 0 saturated heterocycles. The van der Waals surface area contributed by atoms with Crippen LogP contribution in [-0.4, -0.2) is 61.0 Å². The van der Waals surface area contributed by atoms with Crippen molar-refractivity contribution in [2.24, 2.45) is 0 Å². The lowest BCUT2D eigenvalue weighted by Crippen LogP contribution is -2.33. The molecule has 12 heteroatoms. The van der Waals surface area contributed by atoms with Crippen LogP contribution in [0.3, 0.4) is 0 Å². The minimum atomic E-state index is -4.75. The standard InChI is InChI=1S/C10H13N5O6S/c11-9-6-10(13-2-12-9)15(3-14-6)4-1-5(8(17)7(4)16)21-22(18,19)20/h2-5,7-8,16-17H,1H2,(H2,11,12,13)(H,18,19,20)/t4-,5+,7+,8-/m1/s1. The molecule has 2 aromatic rings. The Kier molecular flexibility index (Phi) is 3.49. The fourth-order valence-electron chi connectivity index (χ4n) is 2.61. The molecular formula is C10H13N5O6S. The van der Waals surface area contributed by atoms with Crippen LogP contribution < -0.4 is 5.73 Å². The highest BCUT2D eigenvalue weighted by atomic mass is 32.3. The maximum absolute atomic E-state index is 10.8. The highest BCUT2D eigenvalue weighted by Crippen LogP contribution is 2.35. The van der Waals surface area contributed by atoms with E-state index in [0.717, 1.165) is 0 Å². The van der Waals surface area contributed by atoms with Crippen LogP contribution in [0.5, 0.6) is 0 Å². The zero-order chi connectivity index (χ0) is 16.1. The van der Waals surface area contributed by atoms with Gasteiger partial charge in [0.1, 0.15) is 30.2 Å². The molecule has 1 aliphatic rings. The number of hydrogen-bond donors (Lipinski definition) is 4. The fraction of sp³-hybridized carbons (Fsp3) is 0.500. The molecule has 3 rings (SSSR count). The van der Waals surface area contributed by atoms with Crippen LogP contribution in [0.25, 0.3) is 11.2 Å². The summed E-state index contributed by atoms with van der Waals surface area (Å²) in [6, 6.07) is -0.749. The van der Waals surface area contributed by atoms with Crippen LogP contribution in [0, 0.1) is 0 Å². The zero-order valence-corrected chi connectivity index (χ0v) is 11.8. The number of aliphatic hydroxyl groups is 2. The summed E-state index contributed by atoms with van der Waals surface area (Å²) < 4.78 is 36.1. The molecular weight excluding hydrogens is 318 g/mol. The number of anilines is 1. The number of nitrogen functional groups attached to an aromatic ring is 1. The van der Waals surface area contributed by atoms with Crippen molar-refractivity contribution in [1.29, 1.82) is 0 Å². The summed E-state index contributed by atoms with van der Waals surface area (Å²) in [5.41, 5.74) is 6.32. The van der Waals surface area contributed by atoms with Gasteiger partial charge >= 0.3 is 10.4 Å². The molecule has 4 atom stereocenters. The van der Waals surface area contributed by atoms with Crippen molar-refractivity contribution < 1.29 is 27.4 Å². The fourth-order valence-corrected chi connectivity index (χ4v) is 3.11. The predicted molar refractivity (Wildman–Crippen MR) is 71.8 cm³/mol. The van der Waals surface area contributed by atoms with E-state index >= 15 is 0 Å². The first-order valence-corrected chi connectivity index (χ1v) is 7.59. The SMILES string of the molecule is Nc1ncnc2c1ncn2[C@@H]1C[C@H](OS(=O)(=O)O)[C@@H](O)[C@H]1O. The van der Waals surface area contributed by atoms with E-state index in [4.69, 9.17) is 10.3 Å². The lowest BCUT2D eigenvalue weighted by molar-refractivity contribution is -0.0173. The van der Waals surface area contributed by atoms with E-state index < -0.39 is 34.8 Å². The molecule has 11 nitrogen and oxygen atoms in total. The maximum Gasteiger partial charge on any atom is 0.397 e. The third-order valence-corrected chi connectivity index (χ3v) is 4.08. The second-order valence-electron chi connectivity index (χ2n) is 4.93. The Labute approximate surface area is 124 Å². The molecule has 0 aliphatic heterocycles. The van der Waals surface area contributed by atoms with Crippen LogP contribution >= 0.6 is 0 Å². The summed E-state index contributed by atoms with van der Waals surface area (Å²) >= 11 is 0. The molecule has 1 fully saturated rings. The molecule has 2 heterocycles. The van der Waals surface area contributed by atoms with Crippen LogP contribution in [0.1, 0.15) is 12.5 Å². The Balaban J connectivity index is 1.96. The monoisotopic (exact) mass is 331 g/mol. The van der Waals surface area contributed by atoms with Gasteiger partial charge in [-0.25, -0.2) is 19.1 Å². The molecule has 2 aromatic heterocycles. The van der Waals surface area contributed by atoms with Crippen molar-refractivity contribution in [1.82, 2.24) is 19.5 Å². The van der Waals surface area contributed by atoms with Crippen LogP contribution in [0.4, 0.5) is 5.82 Å². The van der Waals surface area contributed by atoms with Gasteiger partial charge in [-0.3, -0.25) is 4.55 Å². The molecule has 5 N–H and O–H groups in total. The highest BCUT2D eigenvalue weighted by Gasteiger charge is 2.45. The number of hydrogen-bond acceptors (Lipinski definition) is 9. The van der Waals surface area contributed by atoms with Crippen LogP contribution in [-0.2, 0) is 14.6 Å². The molecule has 0 spiro atoms. The van der Waals surface area contributed by atoms with Gasteiger partial charge in [-0.15, -0.1) is 0 Å². The van der Waals surface area contributed by atoms with Crippen molar-refractivity contribution in [2.45, 2.75) is 30.8 Å². The second-order valence-corrected chi connectivity index (χ2v) is 5.98. The lowest BCUT2D eigenvalue weighted by atomic mass is 10.2. The molecule has 1 aliphatic carbocycles. The van der Waals surface area contributed by atoms with Crippen molar-refractivity contribution >= 4 is 27.4 Å². The summed E-state index contributed by atoms with van der Waals surface area (Å²) in [7, 11) is -4.75. The van der Waals surface area contributed by atoms with Gasteiger partial charge in [-0.2, -0.15) is 8.42 Å². The van der Waals surface area contributed by atoms with E-state index in [-0.39, 0.29) is 12.2 Å². The summed E-state index contributed by atoms with van der Waals surface area (Å²) in [5, 5.41) is 20.0. The van der Waals surface area contributed by atoms with E-state index in [0.29, 0.717) is 11.2 Å². The Bertz CT molecular complexity index is 807. The van der Waals surface area contributed by atoms with Crippen LogP contribution in [0.15, 0.2) is 12.7 Å². The minimum absolute atomic E-state index is 0.0719.